The fourth-order valence-corrected chi connectivity index (χ4v) is 2.52. The SMILES string of the molecule is CNCCCS(=O)(=O)Nc1ccc(C(F)(F)F)cc1. The fraction of sp³-hybridized carbons (Fsp3) is 0.455. The summed E-state index contributed by atoms with van der Waals surface area (Å²) in [5, 5.41) is 2.81. The highest BCUT2D eigenvalue weighted by Crippen LogP contribution is 2.29. The van der Waals surface area contributed by atoms with Crippen molar-refractivity contribution in [3.63, 3.8) is 0 Å². The van der Waals surface area contributed by atoms with Crippen LogP contribution in [-0.2, 0) is 16.2 Å². The van der Waals surface area contributed by atoms with Gasteiger partial charge in [-0.25, -0.2) is 8.42 Å². The molecule has 0 radical (unpaired) electrons. The molecule has 0 atom stereocenters. The van der Waals surface area contributed by atoms with Gasteiger partial charge in [-0.3, -0.25) is 4.72 Å². The zero-order valence-electron chi connectivity index (χ0n) is 10.3. The van der Waals surface area contributed by atoms with Crippen LogP contribution in [0.2, 0.25) is 0 Å². The smallest absolute Gasteiger partial charge is 0.320 e. The first kappa shape index (κ1) is 15.8. The van der Waals surface area contributed by atoms with Crippen molar-refractivity contribution in [1.29, 1.82) is 0 Å². The van der Waals surface area contributed by atoms with E-state index in [9.17, 15) is 21.6 Å². The minimum atomic E-state index is -4.43. The molecule has 0 saturated carbocycles. The van der Waals surface area contributed by atoms with Crippen molar-refractivity contribution in [1.82, 2.24) is 5.32 Å². The molecule has 1 aromatic rings. The van der Waals surface area contributed by atoms with E-state index < -0.39 is 21.8 Å². The highest BCUT2D eigenvalue weighted by molar-refractivity contribution is 7.92. The standard InChI is InChI=1S/C11H15F3N2O2S/c1-15-7-2-8-19(17,18)16-10-5-3-9(4-6-10)11(12,13)14/h3-6,15-16H,2,7-8H2,1H3. The van der Waals surface area contributed by atoms with Crippen LogP contribution in [0.15, 0.2) is 24.3 Å². The lowest BCUT2D eigenvalue weighted by Gasteiger charge is -2.10. The van der Waals surface area contributed by atoms with Gasteiger partial charge >= 0.3 is 6.18 Å². The molecule has 108 valence electrons. The van der Waals surface area contributed by atoms with E-state index in [0.717, 1.165) is 24.3 Å². The maximum atomic E-state index is 12.3. The number of anilines is 1. The molecule has 0 aliphatic rings. The van der Waals surface area contributed by atoms with Crippen molar-refractivity contribution >= 4 is 15.7 Å². The number of benzene rings is 1. The van der Waals surface area contributed by atoms with Crippen molar-refractivity contribution in [3.8, 4) is 0 Å². The third-order valence-electron chi connectivity index (χ3n) is 2.33. The van der Waals surface area contributed by atoms with Crippen molar-refractivity contribution in [2.45, 2.75) is 12.6 Å². The highest BCUT2D eigenvalue weighted by Gasteiger charge is 2.30. The molecule has 0 aliphatic heterocycles. The zero-order chi connectivity index (χ0) is 14.5. The maximum absolute atomic E-state index is 12.3. The van der Waals surface area contributed by atoms with Crippen LogP contribution < -0.4 is 10.0 Å². The van der Waals surface area contributed by atoms with Gasteiger partial charge in [0.25, 0.3) is 0 Å². The summed E-state index contributed by atoms with van der Waals surface area (Å²) in [5.41, 5.74) is -0.692. The van der Waals surface area contributed by atoms with Crippen LogP contribution in [-0.4, -0.2) is 27.8 Å². The molecule has 0 bridgehead atoms. The molecule has 0 spiro atoms. The Hall–Kier alpha value is -1.28. The zero-order valence-corrected chi connectivity index (χ0v) is 11.1. The quantitative estimate of drug-likeness (QED) is 0.790. The Kier molecular flexibility index (Phi) is 5.19. The third kappa shape index (κ3) is 5.48. The summed E-state index contributed by atoms with van der Waals surface area (Å²) in [4.78, 5) is 0. The summed E-state index contributed by atoms with van der Waals surface area (Å²) in [6.07, 6.45) is -4.00. The Morgan fingerprint density at radius 1 is 1.16 bits per heavy atom. The van der Waals surface area contributed by atoms with Gasteiger partial charge in [-0.2, -0.15) is 13.2 Å². The largest absolute Gasteiger partial charge is 0.416 e. The van der Waals surface area contributed by atoms with Crippen LogP contribution in [0.1, 0.15) is 12.0 Å². The molecule has 4 nitrogen and oxygen atoms in total. The molecule has 2 N–H and O–H groups in total. The maximum Gasteiger partial charge on any atom is 0.416 e. The summed E-state index contributed by atoms with van der Waals surface area (Å²) in [5.74, 6) is -0.0884. The summed E-state index contributed by atoms with van der Waals surface area (Å²) < 4.78 is 62.4. The normalized spacial score (nSPS) is 12.4. The van der Waals surface area contributed by atoms with Crippen LogP contribution in [0.3, 0.4) is 0 Å². The number of hydrogen-bond donors (Lipinski definition) is 2. The topological polar surface area (TPSA) is 58.2 Å². The Morgan fingerprint density at radius 2 is 1.74 bits per heavy atom. The second-order valence-electron chi connectivity index (χ2n) is 3.95. The fourth-order valence-electron chi connectivity index (χ4n) is 1.40. The molecule has 0 amide bonds. The predicted octanol–water partition coefficient (Wildman–Crippen LogP) is 2.06. The Bertz CT molecular complexity index is 498. The van der Waals surface area contributed by atoms with Crippen LogP contribution in [0, 0.1) is 0 Å². The predicted molar refractivity (Wildman–Crippen MR) is 67.4 cm³/mol. The average Bonchev–Trinajstić information content (AvgIpc) is 2.28. The lowest BCUT2D eigenvalue weighted by molar-refractivity contribution is -0.137. The molecule has 1 rings (SSSR count). The number of hydrogen-bond acceptors (Lipinski definition) is 3. The summed E-state index contributed by atoms with van der Waals surface area (Å²) in [6.45, 7) is 0.550. The minimum absolute atomic E-state index is 0.0884. The van der Waals surface area contributed by atoms with Gasteiger partial charge in [0.05, 0.1) is 11.3 Å². The molecule has 0 fully saturated rings. The first-order valence-electron chi connectivity index (χ1n) is 5.57. The molecule has 19 heavy (non-hydrogen) atoms. The molecule has 8 heteroatoms. The third-order valence-corrected chi connectivity index (χ3v) is 3.70. The van der Waals surface area contributed by atoms with E-state index in [-0.39, 0.29) is 11.4 Å². The molecule has 0 heterocycles. The number of nitrogens with one attached hydrogen (secondary N) is 2. The number of sulfonamides is 1. The van der Waals surface area contributed by atoms with Gasteiger partial charge in [0.2, 0.25) is 10.0 Å². The Labute approximate surface area is 110 Å². The summed E-state index contributed by atoms with van der Waals surface area (Å²) >= 11 is 0. The van der Waals surface area contributed by atoms with Gasteiger partial charge in [0, 0.05) is 5.69 Å². The number of alkyl halides is 3. The van der Waals surface area contributed by atoms with Gasteiger partial charge in [0.1, 0.15) is 0 Å². The van der Waals surface area contributed by atoms with E-state index in [1.54, 1.807) is 7.05 Å². The van der Waals surface area contributed by atoms with E-state index in [1.165, 1.54) is 0 Å². The van der Waals surface area contributed by atoms with Crippen LogP contribution in [0.5, 0.6) is 0 Å². The number of rotatable bonds is 6. The van der Waals surface area contributed by atoms with Crippen molar-refractivity contribution in [2.24, 2.45) is 0 Å². The van der Waals surface area contributed by atoms with Gasteiger partial charge in [-0.1, -0.05) is 0 Å². The molecule has 0 aliphatic carbocycles. The molecule has 1 aromatic carbocycles. The lowest BCUT2D eigenvalue weighted by Crippen LogP contribution is -2.20. The second-order valence-corrected chi connectivity index (χ2v) is 5.80. The van der Waals surface area contributed by atoms with E-state index in [4.69, 9.17) is 0 Å². The molecule has 0 aromatic heterocycles. The van der Waals surface area contributed by atoms with Gasteiger partial charge in [0.15, 0.2) is 0 Å². The Morgan fingerprint density at radius 3 is 2.21 bits per heavy atom. The lowest BCUT2D eigenvalue weighted by atomic mass is 10.2. The van der Waals surface area contributed by atoms with E-state index >= 15 is 0 Å². The molecular formula is C11H15F3N2O2S. The first-order valence-corrected chi connectivity index (χ1v) is 7.22. The van der Waals surface area contributed by atoms with E-state index in [2.05, 4.69) is 10.0 Å². The average molecular weight is 296 g/mol. The molecule has 0 unspecified atom stereocenters. The summed E-state index contributed by atoms with van der Waals surface area (Å²) in [6, 6.07) is 3.87. The molecular weight excluding hydrogens is 281 g/mol. The number of halogens is 3. The summed E-state index contributed by atoms with van der Waals surface area (Å²) in [7, 11) is -1.82. The van der Waals surface area contributed by atoms with Gasteiger partial charge in [-0.15, -0.1) is 0 Å². The van der Waals surface area contributed by atoms with E-state index in [1.807, 2.05) is 0 Å². The first-order chi connectivity index (χ1) is 8.74. The van der Waals surface area contributed by atoms with Crippen molar-refractivity contribution < 1.29 is 21.6 Å². The van der Waals surface area contributed by atoms with Crippen LogP contribution in [0.25, 0.3) is 0 Å². The van der Waals surface area contributed by atoms with Gasteiger partial charge < -0.3 is 5.32 Å². The molecule has 0 saturated heterocycles. The second kappa shape index (κ2) is 6.25. The minimum Gasteiger partial charge on any atom is -0.320 e. The van der Waals surface area contributed by atoms with Crippen molar-refractivity contribution in [3.05, 3.63) is 29.8 Å². The van der Waals surface area contributed by atoms with Gasteiger partial charge in [-0.05, 0) is 44.3 Å². The van der Waals surface area contributed by atoms with E-state index in [0.29, 0.717) is 13.0 Å². The van der Waals surface area contributed by atoms with Crippen LogP contribution >= 0.6 is 0 Å². The highest BCUT2D eigenvalue weighted by atomic mass is 32.2. The monoisotopic (exact) mass is 296 g/mol. The van der Waals surface area contributed by atoms with Crippen LogP contribution in [0.4, 0.5) is 18.9 Å². The Balaban J connectivity index is 2.67. The van der Waals surface area contributed by atoms with Crippen molar-refractivity contribution in [2.75, 3.05) is 24.1 Å².